The number of benzene rings is 10. The third kappa shape index (κ3) is 56.2. The first kappa shape index (κ1) is 129. The standard InChI is InChI=1S/C17H19ClO2S.C17H19ClOS.C15H23ClO2S.C15H23ClOS.C13H17ClO2S.C13H17ClOS.C13H16O2S.C13H16OS/c1-3-10-21(19)17-11-16(9-4-13(17)2)20-12-14-5-7-15(18)8-6-14;1-3-10-20-17-11-16(9-4-13(17)2)19-12-14-5-7-15(18)8-6-14;1-3-5-6-7-10-18-13-8-9-14(16)15(12-13)19(17)11-4-2;1-3-5-6-7-10-17-13-8-9-14(16)15(12-13)18-11-4-2;1-3-9-17(15)13-10-12(6-5-11(13)2)16-8-4-7-14;1-3-9-16-13-10-12(6-5-11(13)2)15-8-4-7-14;1-4-8-15-12-7-6-11(3)13(10-12)16(14)9-5-2;1-4-8-14-12-7-6-11(3)13(10-12)15-9-5-2/h4-9,11H,3,10,12H2,1-2H3;4-9,11H,3,10,12H2,1-2H3;8-9,12H,3-7,10-11H2,1-2H3;8-9,12H,3-7,10-11H2,1-2H3;4-7,10H,3,8-9H2,1-2H3;4-7,10H,3,8-9H2,1-2H3;1,6-7,10H,5,8-9H2,2-3H3;1,6-7,10H,5,8-9H2,2-3H3. The lowest BCUT2D eigenvalue weighted by Crippen LogP contribution is -2.01. The minimum Gasteiger partial charge on any atom is -0.494 e. The van der Waals surface area contributed by atoms with Crippen molar-refractivity contribution in [3.63, 3.8) is 0 Å². The van der Waals surface area contributed by atoms with Crippen LogP contribution >= 0.6 is 117 Å². The second-order valence-corrected chi connectivity index (χ2v) is 45.2. The Balaban J connectivity index is 0.000000418. The van der Waals surface area contributed by atoms with Crippen LogP contribution < -0.4 is 37.9 Å². The van der Waals surface area contributed by atoms with Crippen LogP contribution in [0.2, 0.25) is 20.1 Å². The number of ether oxygens (including phenoxy) is 8. The van der Waals surface area contributed by atoms with E-state index in [1.54, 1.807) is 30.0 Å². The first-order chi connectivity index (χ1) is 68.7. The highest BCUT2D eigenvalue weighted by atomic mass is 35.5. The lowest BCUT2D eigenvalue weighted by molar-refractivity contribution is 0.304. The summed E-state index contributed by atoms with van der Waals surface area (Å²) in [6, 6.07) is 62.2. The largest absolute Gasteiger partial charge is 0.494 e. The molecule has 0 bridgehead atoms. The van der Waals surface area contributed by atoms with E-state index < -0.39 is 43.2 Å². The van der Waals surface area contributed by atoms with Crippen LogP contribution in [0, 0.1) is 66.2 Å². The van der Waals surface area contributed by atoms with Crippen LogP contribution in [0.5, 0.6) is 46.0 Å². The van der Waals surface area contributed by atoms with E-state index in [1.807, 2.05) is 229 Å². The number of unbranched alkanes of at least 4 members (excludes halogenated alkanes) is 6. The van der Waals surface area contributed by atoms with Crippen LogP contribution in [0.3, 0.4) is 0 Å². The Morgan fingerprint density at radius 2 is 0.563 bits per heavy atom. The Kier molecular flexibility index (Phi) is 73.6. The topological polar surface area (TPSA) is 142 Å². The van der Waals surface area contributed by atoms with Gasteiger partial charge in [-0.3, -0.25) is 16.8 Å². The molecule has 0 aromatic heterocycles. The maximum Gasteiger partial charge on any atom is 0.148 e. The molecule has 0 aliphatic heterocycles. The van der Waals surface area contributed by atoms with Gasteiger partial charge in [-0.2, -0.15) is 0 Å². The van der Waals surface area contributed by atoms with Crippen LogP contribution in [-0.4, -0.2) is 102 Å². The van der Waals surface area contributed by atoms with Gasteiger partial charge in [-0.05, 0) is 319 Å². The van der Waals surface area contributed by atoms with Crippen LogP contribution in [0.1, 0.15) is 216 Å². The first-order valence-electron chi connectivity index (χ1n) is 48.8. The van der Waals surface area contributed by atoms with Crippen molar-refractivity contribution in [1.29, 1.82) is 0 Å². The fourth-order valence-corrected chi connectivity index (χ4v) is 21.8. The Morgan fingerprint density at radius 1 is 0.289 bits per heavy atom. The third-order valence-electron chi connectivity index (χ3n) is 19.8. The van der Waals surface area contributed by atoms with Gasteiger partial charge in [0.2, 0.25) is 0 Å². The van der Waals surface area contributed by atoms with E-state index in [-0.39, 0.29) is 6.61 Å². The zero-order valence-corrected chi connectivity index (χ0v) is 97.1. The molecule has 776 valence electrons. The average molecular weight is 2210 g/mol. The predicted octanol–water partition coefficient (Wildman–Crippen LogP) is 35.4. The Hall–Kier alpha value is -7.06. The van der Waals surface area contributed by atoms with Crippen LogP contribution in [0.25, 0.3) is 0 Å². The summed E-state index contributed by atoms with van der Waals surface area (Å²) in [5.74, 6) is 18.6. The number of terminal acetylenes is 2. The third-order valence-corrected chi connectivity index (χ3v) is 33.7. The van der Waals surface area contributed by atoms with Gasteiger partial charge in [-0.15, -0.1) is 59.9 Å². The van der Waals surface area contributed by atoms with Gasteiger partial charge in [0, 0.05) is 78.4 Å². The lowest BCUT2D eigenvalue weighted by atomic mass is 10.2. The van der Waals surface area contributed by atoms with Gasteiger partial charge in [-0.25, -0.2) is 0 Å². The van der Waals surface area contributed by atoms with Crippen molar-refractivity contribution in [2.45, 2.75) is 266 Å². The molecule has 0 fully saturated rings. The molecular weight excluding hydrogens is 2050 g/mol. The summed E-state index contributed by atoms with van der Waals surface area (Å²) in [5, 5.41) is 2.85. The Bertz CT molecular complexity index is 5440. The van der Waals surface area contributed by atoms with Crippen molar-refractivity contribution in [3.05, 3.63) is 282 Å². The zero-order valence-electron chi connectivity index (χ0n) is 86.0. The van der Waals surface area contributed by atoms with Gasteiger partial charge in [-0.1, -0.05) is 250 Å². The number of hydrogen-bond donors (Lipinski definition) is 0. The quantitative estimate of drug-likeness (QED) is 0.0202. The highest BCUT2D eigenvalue weighted by Gasteiger charge is 2.16. The Labute approximate surface area is 910 Å². The molecule has 10 rings (SSSR count). The molecule has 0 aliphatic rings. The monoisotopic (exact) mass is 2200 g/mol. The summed E-state index contributed by atoms with van der Waals surface area (Å²) < 4.78 is 92.8. The molecule has 0 N–H and O–H groups in total. The van der Waals surface area contributed by atoms with Crippen molar-refractivity contribution < 1.29 is 54.7 Å². The maximum absolute atomic E-state index is 12.2. The predicted molar refractivity (Wildman–Crippen MR) is 621 cm³/mol. The fraction of sp³-hybridized carbons (Fsp3) is 0.414. The highest BCUT2D eigenvalue weighted by Crippen LogP contribution is 2.35. The van der Waals surface area contributed by atoms with Crippen LogP contribution in [0.4, 0.5) is 0 Å². The zero-order chi connectivity index (χ0) is 104. The van der Waals surface area contributed by atoms with E-state index in [0.29, 0.717) is 83.3 Å². The number of thioether (sulfide) groups is 4. The number of hydrogen-bond acceptors (Lipinski definition) is 16. The molecule has 0 heterocycles. The van der Waals surface area contributed by atoms with Gasteiger partial charge in [0.05, 0.1) is 71.4 Å². The molecule has 142 heavy (non-hydrogen) atoms. The van der Waals surface area contributed by atoms with Crippen molar-refractivity contribution in [3.8, 4) is 70.7 Å². The minimum absolute atomic E-state index is 0.239. The number of rotatable bonds is 52. The van der Waals surface area contributed by atoms with Crippen molar-refractivity contribution in [2.24, 2.45) is 0 Å². The van der Waals surface area contributed by atoms with Crippen molar-refractivity contribution in [2.75, 3.05) is 85.7 Å². The Morgan fingerprint density at radius 3 is 0.901 bits per heavy atom. The van der Waals surface area contributed by atoms with Crippen LogP contribution in [-0.2, 0) is 56.4 Å². The van der Waals surface area contributed by atoms with E-state index in [4.69, 9.17) is 120 Å². The lowest BCUT2D eigenvalue weighted by Gasteiger charge is -2.10. The second-order valence-electron chi connectivity index (χ2n) is 32.3. The summed E-state index contributed by atoms with van der Waals surface area (Å²) in [6.07, 6.45) is 31.7. The van der Waals surface area contributed by atoms with Crippen molar-refractivity contribution >= 4 is 160 Å². The second kappa shape index (κ2) is 81.0. The van der Waals surface area contributed by atoms with Gasteiger partial charge in [0.15, 0.2) is 0 Å². The van der Waals surface area contributed by atoms with E-state index >= 15 is 0 Å². The SMILES string of the molecule is C#CCOc1ccc(C)c(S(=O)CCC)c1.C#CCOc1ccc(C)c(SCCC)c1.CCCCCCOc1ccc(Cl)c(S(=O)CCC)c1.CCCCCCOc1ccc(Cl)c(SCCC)c1.CCCS(=O)c1cc(OCC=CCl)ccc1C.CCCS(=O)c1cc(OCc2ccc(Cl)cc2)ccc1C.CCCSc1cc(OCC=CCl)ccc1C.CCCSc1cc(OCc2ccc(Cl)cc2)ccc1C. The van der Waals surface area contributed by atoms with E-state index in [2.05, 4.69) is 117 Å². The number of aryl methyl sites for hydroxylation is 6. The highest BCUT2D eigenvalue weighted by molar-refractivity contribution is 8.00. The van der Waals surface area contributed by atoms with E-state index in [9.17, 15) is 16.8 Å². The normalized spacial score (nSPS) is 11.4. The van der Waals surface area contributed by atoms with E-state index in [0.717, 1.165) is 172 Å². The van der Waals surface area contributed by atoms with Gasteiger partial charge >= 0.3 is 0 Å². The minimum atomic E-state index is -1.03. The van der Waals surface area contributed by atoms with Gasteiger partial charge < -0.3 is 37.9 Å². The molecule has 26 heteroatoms. The molecular formula is C116H150Cl6O12S8. The summed E-state index contributed by atoms with van der Waals surface area (Å²) in [5.41, 5.74) is 12.1. The smallest absolute Gasteiger partial charge is 0.148 e. The molecule has 10 aromatic carbocycles. The first-order valence-corrected chi connectivity index (χ1v) is 60.4. The maximum atomic E-state index is 12.2. The number of halogens is 6. The molecule has 10 aromatic rings. The van der Waals surface area contributed by atoms with Gasteiger partial charge in [0.25, 0.3) is 0 Å². The molecule has 0 saturated heterocycles. The average Bonchev–Trinajstić information content (AvgIpc) is 0.843. The molecule has 0 aliphatic carbocycles. The molecule has 4 unspecified atom stereocenters. The molecule has 0 spiro atoms. The summed E-state index contributed by atoms with van der Waals surface area (Å²) >= 11 is 42.2. The summed E-state index contributed by atoms with van der Waals surface area (Å²) in [7, 11) is -3.86. The molecule has 4 atom stereocenters. The van der Waals surface area contributed by atoms with E-state index in [1.165, 1.54) is 100 Å². The van der Waals surface area contributed by atoms with Gasteiger partial charge in [0.1, 0.15) is 85.6 Å². The molecule has 0 amide bonds. The fourth-order valence-electron chi connectivity index (χ4n) is 12.2. The molecule has 0 saturated carbocycles. The van der Waals surface area contributed by atoms with Crippen molar-refractivity contribution in [1.82, 2.24) is 0 Å². The van der Waals surface area contributed by atoms with Crippen LogP contribution in [0.15, 0.2) is 257 Å². The summed E-state index contributed by atoms with van der Waals surface area (Å²) in [4.78, 5) is 8.28. The summed E-state index contributed by atoms with van der Waals surface area (Å²) in [6.45, 7) is 37.6. The molecule has 0 radical (unpaired) electrons. The molecule has 12 nitrogen and oxygen atoms in total.